The van der Waals surface area contributed by atoms with Crippen molar-refractivity contribution in [3.05, 3.63) is 64.7 Å². The summed E-state index contributed by atoms with van der Waals surface area (Å²) in [6.07, 6.45) is 0.814. The molecule has 0 aliphatic rings. The van der Waals surface area contributed by atoms with Crippen LogP contribution in [0.25, 0.3) is 0 Å². The van der Waals surface area contributed by atoms with Crippen molar-refractivity contribution >= 4 is 74.8 Å². The molecule has 0 aliphatic carbocycles. The van der Waals surface area contributed by atoms with Gasteiger partial charge in [0.1, 0.15) is 0 Å². The first kappa shape index (κ1) is 31.5. The quantitative estimate of drug-likeness (QED) is 0.137. The number of guanidine groups is 1. The highest BCUT2D eigenvalue weighted by atomic mass is 79.9. The summed E-state index contributed by atoms with van der Waals surface area (Å²) in [4.78, 5) is 42.9. The van der Waals surface area contributed by atoms with E-state index >= 15 is 0 Å². The first-order chi connectivity index (χ1) is 15.2. The van der Waals surface area contributed by atoms with Gasteiger partial charge < -0.3 is 22.1 Å². The van der Waals surface area contributed by atoms with Crippen molar-refractivity contribution < 1.29 is 14.4 Å². The number of imide groups is 1. The molecule has 0 bridgehead atoms. The molecular weight excluding hydrogens is 592 g/mol. The van der Waals surface area contributed by atoms with Crippen molar-refractivity contribution in [3.63, 3.8) is 0 Å². The van der Waals surface area contributed by atoms with Crippen molar-refractivity contribution in [2.75, 3.05) is 25.0 Å². The maximum atomic E-state index is 13.0. The number of halogens is 3. The average Bonchev–Trinajstić information content (AvgIpc) is 2.76. The number of amides is 2. The predicted molar refractivity (Wildman–Crippen MR) is 146 cm³/mol. The molecule has 34 heavy (non-hydrogen) atoms. The zero-order chi connectivity index (χ0) is 23.7. The van der Waals surface area contributed by atoms with Crippen molar-refractivity contribution in [2.24, 2.45) is 22.2 Å². The van der Waals surface area contributed by atoms with Crippen LogP contribution in [0.5, 0.6) is 0 Å². The molecule has 9 nitrogen and oxygen atoms in total. The van der Waals surface area contributed by atoms with E-state index in [9.17, 15) is 14.4 Å². The number of ketones is 1. The molecule has 2 rings (SSSR count). The summed E-state index contributed by atoms with van der Waals surface area (Å²) in [6.45, 7) is 0.179. The van der Waals surface area contributed by atoms with Crippen LogP contribution in [-0.4, -0.2) is 49.7 Å². The largest absolute Gasteiger partial charge is 0.370 e. The molecule has 12 heteroatoms. The molecule has 0 saturated carbocycles. The molecule has 186 valence electrons. The second-order valence-electron chi connectivity index (χ2n) is 7.18. The fourth-order valence-corrected chi connectivity index (χ4v) is 3.16. The summed E-state index contributed by atoms with van der Waals surface area (Å²) < 4.78 is 0. The predicted octanol–water partition coefficient (Wildman–Crippen LogP) is 2.19. The maximum Gasteiger partial charge on any atom is 0.246 e. The summed E-state index contributed by atoms with van der Waals surface area (Å²) in [7, 11) is 1.64. The van der Waals surface area contributed by atoms with E-state index in [2.05, 4.69) is 10.3 Å². The maximum absolute atomic E-state index is 13.0. The SMILES string of the molecule is Br.Br.CN(CC(=O)NC(=O)[C@@H](N)CCCN=C(N)N)c1ccc(Cl)cc1C(=O)c1ccccc1. The van der Waals surface area contributed by atoms with Crippen LogP contribution >= 0.6 is 45.6 Å². The topological polar surface area (TPSA) is 157 Å². The van der Waals surface area contributed by atoms with Gasteiger partial charge in [-0.3, -0.25) is 24.7 Å². The fourth-order valence-electron chi connectivity index (χ4n) is 2.99. The number of likely N-dealkylation sites (N-methyl/N-ethyl adjacent to an activating group) is 1. The Hall–Kier alpha value is -2.47. The molecule has 1 atom stereocenters. The van der Waals surface area contributed by atoms with Gasteiger partial charge in [0.15, 0.2) is 11.7 Å². The van der Waals surface area contributed by atoms with Gasteiger partial charge in [-0.05, 0) is 31.0 Å². The van der Waals surface area contributed by atoms with E-state index in [1.165, 1.54) is 0 Å². The summed E-state index contributed by atoms with van der Waals surface area (Å²) >= 11 is 6.10. The number of hydrogen-bond donors (Lipinski definition) is 4. The summed E-state index contributed by atoms with van der Waals surface area (Å²) in [5.41, 5.74) is 17.7. The molecule has 0 aromatic heterocycles. The molecule has 2 amide bonds. The zero-order valence-corrected chi connectivity index (χ0v) is 22.8. The molecule has 2 aromatic rings. The first-order valence-electron chi connectivity index (χ1n) is 9.94. The average molecular weight is 621 g/mol. The van der Waals surface area contributed by atoms with Crippen LogP contribution < -0.4 is 27.4 Å². The van der Waals surface area contributed by atoms with E-state index < -0.39 is 17.9 Å². The fraction of sp³-hybridized carbons (Fsp3) is 0.273. The van der Waals surface area contributed by atoms with Gasteiger partial charge in [0.2, 0.25) is 11.8 Å². The molecule has 0 spiro atoms. The second-order valence-corrected chi connectivity index (χ2v) is 7.62. The molecule has 2 aromatic carbocycles. The van der Waals surface area contributed by atoms with Crippen LogP contribution in [-0.2, 0) is 9.59 Å². The van der Waals surface area contributed by atoms with Gasteiger partial charge >= 0.3 is 0 Å². The Morgan fingerprint density at radius 1 is 1.09 bits per heavy atom. The Morgan fingerprint density at radius 2 is 1.74 bits per heavy atom. The molecular formula is C22H29Br2ClN6O3. The molecule has 7 N–H and O–H groups in total. The monoisotopic (exact) mass is 618 g/mol. The van der Waals surface area contributed by atoms with Crippen molar-refractivity contribution in [1.82, 2.24) is 5.32 Å². The highest BCUT2D eigenvalue weighted by molar-refractivity contribution is 8.93. The highest BCUT2D eigenvalue weighted by Crippen LogP contribution is 2.26. The van der Waals surface area contributed by atoms with Crippen LogP contribution in [0.1, 0.15) is 28.8 Å². The van der Waals surface area contributed by atoms with Crippen LogP contribution in [0, 0.1) is 0 Å². The van der Waals surface area contributed by atoms with E-state index in [0.29, 0.717) is 41.2 Å². The van der Waals surface area contributed by atoms with Gasteiger partial charge in [0, 0.05) is 35.4 Å². The highest BCUT2D eigenvalue weighted by Gasteiger charge is 2.20. The third kappa shape index (κ3) is 9.80. The minimum Gasteiger partial charge on any atom is -0.370 e. The number of carbonyl (C=O) groups excluding carboxylic acids is 3. The molecule has 0 heterocycles. The molecule has 0 radical (unpaired) electrons. The molecule has 0 saturated heterocycles. The number of carbonyl (C=O) groups is 3. The van der Waals surface area contributed by atoms with Crippen molar-refractivity contribution in [1.29, 1.82) is 0 Å². The van der Waals surface area contributed by atoms with E-state index in [4.69, 9.17) is 28.8 Å². The Bertz CT molecular complexity index is 1000. The minimum absolute atomic E-state index is 0. The summed E-state index contributed by atoms with van der Waals surface area (Å²) in [5, 5.41) is 2.68. The van der Waals surface area contributed by atoms with E-state index in [1.807, 2.05) is 6.07 Å². The van der Waals surface area contributed by atoms with Crippen molar-refractivity contribution in [2.45, 2.75) is 18.9 Å². The second kappa shape index (κ2) is 15.4. The Morgan fingerprint density at radius 3 is 2.35 bits per heavy atom. The Balaban J connectivity index is 0.00000544. The van der Waals surface area contributed by atoms with Gasteiger partial charge in [-0.15, -0.1) is 34.0 Å². The van der Waals surface area contributed by atoms with E-state index in [-0.39, 0.29) is 52.3 Å². The molecule has 0 fully saturated rings. The number of anilines is 1. The first-order valence-corrected chi connectivity index (χ1v) is 10.3. The lowest BCUT2D eigenvalue weighted by Gasteiger charge is -2.22. The van der Waals surface area contributed by atoms with Crippen LogP contribution in [0.2, 0.25) is 5.02 Å². The van der Waals surface area contributed by atoms with Gasteiger partial charge in [-0.1, -0.05) is 41.9 Å². The lowest BCUT2D eigenvalue weighted by atomic mass is 10.0. The van der Waals surface area contributed by atoms with Crippen LogP contribution in [0.3, 0.4) is 0 Å². The zero-order valence-electron chi connectivity index (χ0n) is 18.6. The standard InChI is InChI=1S/C22H27ClN6O3.2BrH/c1-29(13-19(30)28-21(32)17(24)8-5-11-27-22(25)26)18-10-9-15(23)12-16(18)20(31)14-6-3-2-4-7-14;;/h2-4,6-7,9-10,12,17H,5,8,11,13,24H2,1H3,(H4,25,26,27)(H,28,30,32);2*1H/t17-;;/m0../s1. The number of aliphatic imine (C=N–C) groups is 1. The normalized spacial score (nSPS) is 10.7. The van der Waals surface area contributed by atoms with Crippen molar-refractivity contribution in [3.8, 4) is 0 Å². The third-order valence-corrected chi connectivity index (χ3v) is 4.83. The van der Waals surface area contributed by atoms with Gasteiger partial charge in [0.05, 0.1) is 12.6 Å². The third-order valence-electron chi connectivity index (χ3n) is 4.60. The minimum atomic E-state index is -0.871. The van der Waals surface area contributed by atoms with Crippen LogP contribution in [0.4, 0.5) is 5.69 Å². The van der Waals surface area contributed by atoms with Gasteiger partial charge in [0.25, 0.3) is 0 Å². The number of nitrogens with one attached hydrogen (secondary N) is 1. The smallest absolute Gasteiger partial charge is 0.246 e. The van der Waals surface area contributed by atoms with Gasteiger partial charge in [-0.2, -0.15) is 0 Å². The summed E-state index contributed by atoms with van der Waals surface area (Å²) in [6, 6.07) is 12.7. The van der Waals surface area contributed by atoms with Gasteiger partial charge in [-0.25, -0.2) is 0 Å². The van der Waals surface area contributed by atoms with E-state index in [1.54, 1.807) is 54.4 Å². The molecule has 0 unspecified atom stereocenters. The summed E-state index contributed by atoms with van der Waals surface area (Å²) in [5.74, 6) is -1.40. The lowest BCUT2D eigenvalue weighted by Crippen LogP contribution is -2.46. The van der Waals surface area contributed by atoms with Crippen LogP contribution in [0.15, 0.2) is 53.5 Å². The number of nitrogens with two attached hydrogens (primary N) is 3. The number of hydrogen-bond acceptors (Lipinski definition) is 6. The lowest BCUT2D eigenvalue weighted by molar-refractivity contribution is -0.130. The Kier molecular flexibility index (Phi) is 14.3. The Labute approximate surface area is 224 Å². The number of benzene rings is 2. The number of rotatable bonds is 10. The molecule has 0 aliphatic heterocycles. The number of nitrogens with zero attached hydrogens (tertiary/aromatic N) is 2. The van der Waals surface area contributed by atoms with E-state index in [0.717, 1.165) is 0 Å².